The molecule has 6 nitrogen and oxygen atoms in total. The molecule has 1 N–H and O–H groups in total. The quantitative estimate of drug-likeness (QED) is 0.652. The molecule has 0 spiro atoms. The van der Waals surface area contributed by atoms with Gasteiger partial charge >= 0.3 is 6.18 Å². The van der Waals surface area contributed by atoms with Crippen LogP contribution in [0.2, 0.25) is 5.02 Å². The van der Waals surface area contributed by atoms with Crippen LogP contribution in [0, 0.1) is 0 Å². The molecular weight excluding hydrogens is 435 g/mol. The number of hydrogen-bond acceptors (Lipinski definition) is 6. The Balaban J connectivity index is 1.43. The van der Waals surface area contributed by atoms with Gasteiger partial charge in [-0.05, 0) is 12.1 Å². The number of ether oxygens (including phenoxy) is 2. The van der Waals surface area contributed by atoms with E-state index in [2.05, 4.69) is 9.88 Å². The highest BCUT2D eigenvalue weighted by molar-refractivity contribution is 6.33. The average Bonchev–Trinajstić information content (AvgIpc) is 2.74. The highest BCUT2D eigenvalue weighted by Gasteiger charge is 2.32. The number of anilines is 1. The Hall–Kier alpha value is -2.07. The van der Waals surface area contributed by atoms with Gasteiger partial charge in [0, 0.05) is 44.5 Å². The van der Waals surface area contributed by atoms with Crippen molar-refractivity contribution >= 4 is 17.4 Å². The Morgan fingerprint density at radius 3 is 2.55 bits per heavy atom. The number of benzene rings is 1. The molecule has 2 aromatic rings. The molecule has 2 heterocycles. The van der Waals surface area contributed by atoms with Gasteiger partial charge in [-0.2, -0.15) is 13.2 Å². The highest BCUT2D eigenvalue weighted by atomic mass is 35.5. The zero-order chi connectivity index (χ0) is 22.4. The summed E-state index contributed by atoms with van der Waals surface area (Å²) in [7, 11) is 1.60. The first-order valence-corrected chi connectivity index (χ1v) is 10.2. The van der Waals surface area contributed by atoms with Crippen LogP contribution in [0.15, 0.2) is 36.5 Å². The molecule has 0 amide bonds. The van der Waals surface area contributed by atoms with Crippen LogP contribution in [-0.4, -0.2) is 67.5 Å². The van der Waals surface area contributed by atoms with E-state index in [4.69, 9.17) is 21.1 Å². The normalized spacial score (nSPS) is 16.4. The zero-order valence-electron chi connectivity index (χ0n) is 17.1. The Morgan fingerprint density at radius 1 is 1.19 bits per heavy atom. The number of methoxy groups -OCH3 is 1. The van der Waals surface area contributed by atoms with Gasteiger partial charge < -0.3 is 19.5 Å². The molecule has 0 radical (unpaired) electrons. The van der Waals surface area contributed by atoms with Crippen molar-refractivity contribution in [2.75, 3.05) is 51.3 Å². The second-order valence-corrected chi connectivity index (χ2v) is 7.70. The fourth-order valence-corrected chi connectivity index (χ4v) is 3.72. The summed E-state index contributed by atoms with van der Waals surface area (Å²) in [6.45, 7) is 3.32. The maximum atomic E-state index is 12.8. The fourth-order valence-electron chi connectivity index (χ4n) is 3.44. The molecular formula is C21H25ClF3N3O3. The summed E-state index contributed by atoms with van der Waals surface area (Å²) in [6.07, 6.45) is -4.33. The lowest BCUT2D eigenvalue weighted by molar-refractivity contribution is -0.137. The van der Waals surface area contributed by atoms with E-state index < -0.39 is 17.8 Å². The second-order valence-electron chi connectivity index (χ2n) is 7.30. The predicted molar refractivity (Wildman–Crippen MR) is 112 cm³/mol. The van der Waals surface area contributed by atoms with Crippen molar-refractivity contribution in [3.8, 4) is 5.75 Å². The molecule has 0 aliphatic carbocycles. The summed E-state index contributed by atoms with van der Waals surface area (Å²) in [6, 6.07) is 8.44. The summed E-state index contributed by atoms with van der Waals surface area (Å²) < 4.78 is 49.2. The number of para-hydroxylation sites is 1. The lowest BCUT2D eigenvalue weighted by atomic mass is 10.2. The van der Waals surface area contributed by atoms with Crippen molar-refractivity contribution in [1.29, 1.82) is 0 Å². The molecule has 1 atom stereocenters. The van der Waals surface area contributed by atoms with Crippen molar-refractivity contribution in [1.82, 2.24) is 9.88 Å². The summed E-state index contributed by atoms with van der Waals surface area (Å²) in [5, 5.41) is 10.3. The number of aliphatic hydroxyl groups is 1. The van der Waals surface area contributed by atoms with Gasteiger partial charge in [-0.1, -0.05) is 29.8 Å². The number of pyridine rings is 1. The third-order valence-corrected chi connectivity index (χ3v) is 5.33. The van der Waals surface area contributed by atoms with Gasteiger partial charge in [0.15, 0.2) is 0 Å². The smallest absolute Gasteiger partial charge is 0.417 e. The zero-order valence-corrected chi connectivity index (χ0v) is 17.9. The third kappa shape index (κ3) is 6.46. The topological polar surface area (TPSA) is 58.1 Å². The molecule has 1 aliphatic heterocycles. The summed E-state index contributed by atoms with van der Waals surface area (Å²) in [5.74, 6) is 1.08. The van der Waals surface area contributed by atoms with Crippen LogP contribution in [-0.2, 0) is 17.5 Å². The minimum Gasteiger partial charge on any atom is -0.496 e. The molecule has 1 aromatic carbocycles. The van der Waals surface area contributed by atoms with E-state index in [0.717, 1.165) is 23.6 Å². The van der Waals surface area contributed by atoms with E-state index in [-0.39, 0.29) is 11.6 Å². The number of halogens is 4. The molecule has 170 valence electrons. The summed E-state index contributed by atoms with van der Waals surface area (Å²) in [5.41, 5.74) is 0.0443. The summed E-state index contributed by atoms with van der Waals surface area (Å²) >= 11 is 6.04. The van der Waals surface area contributed by atoms with E-state index >= 15 is 0 Å². The van der Waals surface area contributed by atoms with Crippen LogP contribution >= 0.6 is 11.6 Å². The molecule has 0 saturated carbocycles. The minimum absolute atomic E-state index is 0.0203. The van der Waals surface area contributed by atoms with Gasteiger partial charge in [-0.15, -0.1) is 0 Å². The number of β-amino-alcohol motifs (C(OH)–C–C–N with tert-alkyl or cyclic N) is 1. The Bertz CT molecular complexity index is 861. The van der Waals surface area contributed by atoms with Crippen molar-refractivity contribution in [2.24, 2.45) is 0 Å². The Labute approximate surface area is 184 Å². The first kappa shape index (κ1) is 23.6. The summed E-state index contributed by atoms with van der Waals surface area (Å²) in [4.78, 5) is 7.84. The van der Waals surface area contributed by atoms with Gasteiger partial charge in [0.05, 0.1) is 37.0 Å². The number of alkyl halides is 3. The van der Waals surface area contributed by atoms with Crippen LogP contribution in [0.3, 0.4) is 0 Å². The van der Waals surface area contributed by atoms with Gasteiger partial charge in [-0.3, -0.25) is 4.90 Å². The van der Waals surface area contributed by atoms with Crippen molar-refractivity contribution in [3.63, 3.8) is 0 Å². The van der Waals surface area contributed by atoms with Crippen LogP contribution < -0.4 is 9.64 Å². The Morgan fingerprint density at radius 2 is 1.90 bits per heavy atom. The molecule has 1 saturated heterocycles. The molecule has 3 rings (SSSR count). The molecule has 1 aromatic heterocycles. The van der Waals surface area contributed by atoms with Crippen molar-refractivity contribution < 1.29 is 27.8 Å². The van der Waals surface area contributed by atoms with E-state index in [1.165, 1.54) is 0 Å². The number of aliphatic hydroxyl groups excluding tert-OH is 1. The number of nitrogens with zero attached hydrogens (tertiary/aromatic N) is 3. The molecule has 10 heteroatoms. The number of piperazine rings is 1. The van der Waals surface area contributed by atoms with E-state index in [1.54, 1.807) is 7.11 Å². The van der Waals surface area contributed by atoms with Gasteiger partial charge in [0.25, 0.3) is 0 Å². The highest BCUT2D eigenvalue weighted by Crippen LogP contribution is 2.33. The van der Waals surface area contributed by atoms with Crippen LogP contribution in [0.4, 0.5) is 19.0 Å². The van der Waals surface area contributed by atoms with Crippen LogP contribution in [0.1, 0.15) is 11.1 Å². The molecule has 31 heavy (non-hydrogen) atoms. The number of rotatable bonds is 8. The van der Waals surface area contributed by atoms with Crippen molar-refractivity contribution in [2.45, 2.75) is 18.9 Å². The molecule has 1 aliphatic rings. The maximum Gasteiger partial charge on any atom is 0.417 e. The average molecular weight is 460 g/mol. The van der Waals surface area contributed by atoms with Crippen molar-refractivity contribution in [3.05, 3.63) is 52.7 Å². The first-order valence-electron chi connectivity index (χ1n) is 9.85. The SMILES string of the molecule is COc1ccccc1COCC(O)CN1CCN(c2ncc(C(F)(F)F)cc2Cl)CC1. The second kappa shape index (κ2) is 10.5. The van der Waals surface area contributed by atoms with Gasteiger partial charge in [0.1, 0.15) is 11.6 Å². The van der Waals surface area contributed by atoms with E-state index in [0.29, 0.717) is 45.1 Å². The number of hydrogen-bond donors (Lipinski definition) is 1. The van der Waals surface area contributed by atoms with E-state index in [9.17, 15) is 18.3 Å². The molecule has 0 bridgehead atoms. The monoisotopic (exact) mass is 459 g/mol. The standard InChI is InChI=1S/C21H25ClF3N3O3/c1-30-19-5-3-2-4-15(19)13-31-14-17(29)12-27-6-8-28(9-7-27)20-18(22)10-16(11-26-20)21(23,24)25/h2-5,10-11,17,29H,6-9,12-14H2,1H3. The fraction of sp³-hybridized carbons (Fsp3) is 0.476. The van der Waals surface area contributed by atoms with Crippen LogP contribution in [0.25, 0.3) is 0 Å². The molecule has 1 fully saturated rings. The van der Waals surface area contributed by atoms with Gasteiger partial charge in [-0.25, -0.2) is 4.98 Å². The maximum absolute atomic E-state index is 12.8. The first-order chi connectivity index (χ1) is 14.8. The minimum atomic E-state index is -4.47. The largest absolute Gasteiger partial charge is 0.496 e. The predicted octanol–water partition coefficient (Wildman–Crippen LogP) is 3.46. The third-order valence-electron chi connectivity index (χ3n) is 5.05. The van der Waals surface area contributed by atoms with Crippen LogP contribution in [0.5, 0.6) is 5.75 Å². The lowest BCUT2D eigenvalue weighted by Crippen LogP contribution is -2.49. The molecule has 1 unspecified atom stereocenters. The van der Waals surface area contributed by atoms with E-state index in [1.807, 2.05) is 29.2 Å². The van der Waals surface area contributed by atoms with Gasteiger partial charge in [0.2, 0.25) is 0 Å². The lowest BCUT2D eigenvalue weighted by Gasteiger charge is -2.36. The Kier molecular flexibility index (Phi) is 7.99. The number of aromatic nitrogens is 1.